The standard InChI is InChI=1S/C12H17N3O/c1-4-13-5-7-15(6-1)12-3-2-10-8-16-9-11(10)14-12/h2-3,13H,1,4-9H2. The van der Waals surface area contributed by atoms with Crippen molar-refractivity contribution >= 4 is 5.82 Å². The van der Waals surface area contributed by atoms with E-state index in [1.54, 1.807) is 0 Å². The molecule has 1 fully saturated rings. The van der Waals surface area contributed by atoms with Crippen LogP contribution in [0, 0.1) is 0 Å². The number of rotatable bonds is 1. The number of nitrogens with one attached hydrogen (secondary N) is 1. The minimum absolute atomic E-state index is 0.676. The number of pyridine rings is 1. The molecular weight excluding hydrogens is 202 g/mol. The number of nitrogens with zero attached hydrogens (tertiary/aromatic N) is 2. The van der Waals surface area contributed by atoms with Crippen molar-refractivity contribution in [1.82, 2.24) is 10.3 Å². The van der Waals surface area contributed by atoms with E-state index in [9.17, 15) is 0 Å². The lowest BCUT2D eigenvalue weighted by Gasteiger charge is -2.21. The summed E-state index contributed by atoms with van der Waals surface area (Å²) in [6, 6.07) is 4.28. The fourth-order valence-electron chi connectivity index (χ4n) is 2.28. The van der Waals surface area contributed by atoms with Crippen LogP contribution in [-0.4, -0.2) is 31.2 Å². The Morgan fingerprint density at radius 3 is 3.19 bits per heavy atom. The number of hydrogen-bond donors (Lipinski definition) is 1. The number of ether oxygens (including phenoxy) is 1. The Bertz CT molecular complexity index is 373. The molecule has 4 heteroatoms. The van der Waals surface area contributed by atoms with Gasteiger partial charge in [-0.25, -0.2) is 4.98 Å². The minimum atomic E-state index is 0.676. The molecule has 3 rings (SSSR count). The highest BCUT2D eigenvalue weighted by Crippen LogP contribution is 2.21. The van der Waals surface area contributed by atoms with Gasteiger partial charge in [0.2, 0.25) is 0 Å². The van der Waals surface area contributed by atoms with E-state index in [-0.39, 0.29) is 0 Å². The SMILES string of the molecule is c1cc2c(nc1N1CCCNCC1)COC2. The summed E-state index contributed by atoms with van der Waals surface area (Å²) in [4.78, 5) is 7.05. The number of fused-ring (bicyclic) bond motifs is 1. The second-order valence-electron chi connectivity index (χ2n) is 4.36. The molecule has 0 atom stereocenters. The fourth-order valence-corrected chi connectivity index (χ4v) is 2.28. The van der Waals surface area contributed by atoms with Crippen molar-refractivity contribution in [3.8, 4) is 0 Å². The van der Waals surface area contributed by atoms with Crippen LogP contribution in [-0.2, 0) is 18.0 Å². The molecule has 16 heavy (non-hydrogen) atoms. The minimum Gasteiger partial charge on any atom is -0.370 e. The number of aromatic nitrogens is 1. The molecule has 0 unspecified atom stereocenters. The third-order valence-electron chi connectivity index (χ3n) is 3.21. The van der Waals surface area contributed by atoms with Crippen molar-refractivity contribution in [2.45, 2.75) is 19.6 Å². The number of anilines is 1. The van der Waals surface area contributed by atoms with Crippen LogP contribution < -0.4 is 10.2 Å². The lowest BCUT2D eigenvalue weighted by molar-refractivity contribution is 0.133. The molecule has 86 valence electrons. The second-order valence-corrected chi connectivity index (χ2v) is 4.36. The topological polar surface area (TPSA) is 37.4 Å². The summed E-state index contributed by atoms with van der Waals surface area (Å²) in [5.41, 5.74) is 2.37. The Morgan fingerprint density at radius 2 is 2.19 bits per heavy atom. The van der Waals surface area contributed by atoms with Crippen LogP contribution in [0.25, 0.3) is 0 Å². The summed E-state index contributed by atoms with van der Waals surface area (Å²) >= 11 is 0. The van der Waals surface area contributed by atoms with Gasteiger partial charge in [0, 0.05) is 25.2 Å². The molecule has 1 saturated heterocycles. The van der Waals surface area contributed by atoms with Gasteiger partial charge < -0.3 is 15.0 Å². The van der Waals surface area contributed by atoms with Crippen molar-refractivity contribution in [3.63, 3.8) is 0 Å². The summed E-state index contributed by atoms with van der Waals surface area (Å²) in [5, 5.41) is 3.41. The van der Waals surface area contributed by atoms with Gasteiger partial charge in [0.25, 0.3) is 0 Å². The average Bonchev–Trinajstić information content (AvgIpc) is 2.61. The van der Waals surface area contributed by atoms with Gasteiger partial charge >= 0.3 is 0 Å². The van der Waals surface area contributed by atoms with Crippen LogP contribution in [0.3, 0.4) is 0 Å². The maximum absolute atomic E-state index is 5.39. The summed E-state index contributed by atoms with van der Waals surface area (Å²) in [5.74, 6) is 1.10. The first kappa shape index (κ1) is 10.1. The first-order chi connectivity index (χ1) is 7.93. The molecule has 0 amide bonds. The molecule has 0 bridgehead atoms. The van der Waals surface area contributed by atoms with Crippen molar-refractivity contribution in [2.24, 2.45) is 0 Å². The van der Waals surface area contributed by atoms with E-state index < -0.39 is 0 Å². The van der Waals surface area contributed by atoms with E-state index in [0.29, 0.717) is 6.61 Å². The first-order valence-electron chi connectivity index (χ1n) is 5.96. The van der Waals surface area contributed by atoms with Crippen LogP contribution >= 0.6 is 0 Å². The van der Waals surface area contributed by atoms with Crippen molar-refractivity contribution in [2.75, 3.05) is 31.1 Å². The fraction of sp³-hybridized carbons (Fsp3) is 0.583. The second kappa shape index (κ2) is 4.39. The first-order valence-corrected chi connectivity index (χ1v) is 5.96. The molecule has 0 spiro atoms. The molecule has 2 aliphatic rings. The Balaban J connectivity index is 1.82. The number of hydrogen-bond acceptors (Lipinski definition) is 4. The Hall–Kier alpha value is -1.13. The molecule has 1 aromatic heterocycles. The van der Waals surface area contributed by atoms with Crippen molar-refractivity contribution < 1.29 is 4.74 Å². The zero-order valence-corrected chi connectivity index (χ0v) is 9.41. The van der Waals surface area contributed by atoms with E-state index in [1.807, 2.05) is 0 Å². The third-order valence-corrected chi connectivity index (χ3v) is 3.21. The van der Waals surface area contributed by atoms with Gasteiger partial charge in [-0.15, -0.1) is 0 Å². The highest BCUT2D eigenvalue weighted by Gasteiger charge is 2.16. The lowest BCUT2D eigenvalue weighted by Crippen LogP contribution is -2.28. The molecule has 0 aliphatic carbocycles. The molecule has 0 aromatic carbocycles. The molecular formula is C12H17N3O. The quantitative estimate of drug-likeness (QED) is 0.762. The Kier molecular flexibility index (Phi) is 2.76. The lowest BCUT2D eigenvalue weighted by atomic mass is 10.2. The van der Waals surface area contributed by atoms with Crippen LogP contribution in [0.5, 0.6) is 0 Å². The maximum Gasteiger partial charge on any atom is 0.128 e. The van der Waals surface area contributed by atoms with E-state index in [1.165, 1.54) is 12.0 Å². The molecule has 3 heterocycles. The zero-order valence-electron chi connectivity index (χ0n) is 9.41. The van der Waals surface area contributed by atoms with Crippen LogP contribution in [0.15, 0.2) is 12.1 Å². The molecule has 4 nitrogen and oxygen atoms in total. The predicted octanol–water partition coefficient (Wildman–Crippen LogP) is 0.911. The smallest absolute Gasteiger partial charge is 0.128 e. The summed E-state index contributed by atoms with van der Waals surface area (Å²) in [6.07, 6.45) is 1.19. The normalized spacial score (nSPS) is 20.6. The van der Waals surface area contributed by atoms with Crippen molar-refractivity contribution in [1.29, 1.82) is 0 Å². The van der Waals surface area contributed by atoms with Gasteiger partial charge in [-0.3, -0.25) is 0 Å². The third kappa shape index (κ3) is 1.90. The molecule has 2 aliphatic heterocycles. The summed E-state index contributed by atoms with van der Waals surface area (Å²) in [6.45, 7) is 5.71. The summed E-state index contributed by atoms with van der Waals surface area (Å²) in [7, 11) is 0. The van der Waals surface area contributed by atoms with E-state index >= 15 is 0 Å². The van der Waals surface area contributed by atoms with E-state index in [0.717, 1.165) is 44.3 Å². The van der Waals surface area contributed by atoms with Gasteiger partial charge in [0.1, 0.15) is 5.82 Å². The van der Waals surface area contributed by atoms with Gasteiger partial charge in [-0.2, -0.15) is 0 Å². The van der Waals surface area contributed by atoms with Gasteiger partial charge in [-0.05, 0) is 19.0 Å². The maximum atomic E-state index is 5.39. The van der Waals surface area contributed by atoms with Crippen LogP contribution in [0.4, 0.5) is 5.82 Å². The van der Waals surface area contributed by atoms with E-state index in [4.69, 9.17) is 9.72 Å². The molecule has 1 aromatic rings. The van der Waals surface area contributed by atoms with Gasteiger partial charge in [-0.1, -0.05) is 6.07 Å². The Labute approximate surface area is 95.6 Å². The van der Waals surface area contributed by atoms with Gasteiger partial charge in [0.15, 0.2) is 0 Å². The van der Waals surface area contributed by atoms with Gasteiger partial charge in [0.05, 0.1) is 18.9 Å². The highest BCUT2D eigenvalue weighted by molar-refractivity contribution is 5.42. The molecule has 0 radical (unpaired) electrons. The monoisotopic (exact) mass is 219 g/mol. The highest BCUT2D eigenvalue weighted by atomic mass is 16.5. The largest absolute Gasteiger partial charge is 0.370 e. The summed E-state index contributed by atoms with van der Waals surface area (Å²) < 4.78 is 5.39. The zero-order chi connectivity index (χ0) is 10.8. The van der Waals surface area contributed by atoms with Crippen LogP contribution in [0.1, 0.15) is 17.7 Å². The van der Waals surface area contributed by atoms with Crippen molar-refractivity contribution in [3.05, 3.63) is 23.4 Å². The Morgan fingerprint density at radius 1 is 1.19 bits per heavy atom. The molecule has 1 N–H and O–H groups in total. The predicted molar refractivity (Wildman–Crippen MR) is 62.4 cm³/mol. The van der Waals surface area contributed by atoms with Crippen LogP contribution in [0.2, 0.25) is 0 Å². The molecule has 0 saturated carbocycles. The van der Waals surface area contributed by atoms with E-state index in [2.05, 4.69) is 22.3 Å². The average molecular weight is 219 g/mol.